The van der Waals surface area contributed by atoms with E-state index in [9.17, 15) is 8.42 Å². The molecular formula is C28H18O4S. The van der Waals surface area contributed by atoms with Gasteiger partial charge in [0.25, 0.3) is 0 Å². The predicted octanol–water partition coefficient (Wildman–Crippen LogP) is 7.00. The first-order valence-electron chi connectivity index (χ1n) is 10.5. The summed E-state index contributed by atoms with van der Waals surface area (Å²) in [6.45, 7) is 0. The van der Waals surface area contributed by atoms with Crippen molar-refractivity contribution in [3.8, 4) is 11.5 Å². The second kappa shape index (κ2) is 7.50. The molecule has 0 unspecified atom stereocenters. The van der Waals surface area contributed by atoms with E-state index in [4.69, 9.17) is 8.37 Å². The molecule has 160 valence electrons. The lowest BCUT2D eigenvalue weighted by Gasteiger charge is -2.12. The SMILES string of the molecule is O=S(=O)(Oc1cccc2cc3ccccc3cc12)Oc1cccc2cc3ccccc3cc12. The van der Waals surface area contributed by atoms with Gasteiger partial charge in [-0.05, 0) is 68.7 Å². The first-order chi connectivity index (χ1) is 16.1. The maximum Gasteiger partial charge on any atom is 0.501 e. The highest BCUT2D eigenvalue weighted by Crippen LogP contribution is 2.33. The van der Waals surface area contributed by atoms with Crippen molar-refractivity contribution < 1.29 is 16.8 Å². The Hall–Kier alpha value is -4.09. The lowest BCUT2D eigenvalue weighted by molar-refractivity contribution is 0.396. The molecule has 0 saturated heterocycles. The third kappa shape index (κ3) is 3.62. The third-order valence-electron chi connectivity index (χ3n) is 5.80. The standard InChI is InChI=1S/C28H18O4S/c29-33(30,31-27-13-5-11-23-15-19-7-1-3-9-21(19)17-25(23)27)32-28-14-6-12-24-16-20-8-2-4-10-22(20)18-26(24)28/h1-18H. The van der Waals surface area contributed by atoms with E-state index in [1.54, 1.807) is 24.3 Å². The van der Waals surface area contributed by atoms with E-state index in [1.165, 1.54) is 0 Å². The van der Waals surface area contributed by atoms with Gasteiger partial charge < -0.3 is 8.37 Å². The van der Waals surface area contributed by atoms with Gasteiger partial charge in [-0.15, -0.1) is 8.42 Å². The van der Waals surface area contributed by atoms with Crippen molar-refractivity contribution in [1.29, 1.82) is 0 Å². The van der Waals surface area contributed by atoms with E-state index in [1.807, 2.05) is 84.9 Å². The molecule has 0 aliphatic carbocycles. The number of hydrogen-bond acceptors (Lipinski definition) is 4. The van der Waals surface area contributed by atoms with E-state index in [-0.39, 0.29) is 11.5 Å². The van der Waals surface area contributed by atoms with Crippen molar-refractivity contribution in [1.82, 2.24) is 0 Å². The zero-order chi connectivity index (χ0) is 22.4. The number of hydrogen-bond donors (Lipinski definition) is 0. The van der Waals surface area contributed by atoms with Crippen molar-refractivity contribution in [3.63, 3.8) is 0 Å². The van der Waals surface area contributed by atoms with Crippen LogP contribution in [0.2, 0.25) is 0 Å². The summed E-state index contributed by atoms with van der Waals surface area (Å²) in [6, 6.07) is 34.4. The summed E-state index contributed by atoms with van der Waals surface area (Å²) in [7, 11) is -4.38. The van der Waals surface area contributed by atoms with Crippen molar-refractivity contribution in [2.24, 2.45) is 0 Å². The Morgan fingerprint density at radius 1 is 0.424 bits per heavy atom. The van der Waals surface area contributed by atoms with Crippen LogP contribution in [0.4, 0.5) is 0 Å². The first-order valence-corrected chi connectivity index (χ1v) is 11.9. The van der Waals surface area contributed by atoms with E-state index in [0.717, 1.165) is 32.3 Å². The van der Waals surface area contributed by atoms with Crippen LogP contribution in [0.1, 0.15) is 0 Å². The molecule has 33 heavy (non-hydrogen) atoms. The molecule has 0 saturated carbocycles. The third-order valence-corrected chi connectivity index (χ3v) is 6.56. The Bertz CT molecular complexity index is 1660. The monoisotopic (exact) mass is 450 g/mol. The lowest BCUT2D eigenvalue weighted by atomic mass is 10.0. The van der Waals surface area contributed by atoms with Crippen molar-refractivity contribution in [2.45, 2.75) is 0 Å². The summed E-state index contributed by atoms with van der Waals surface area (Å²) in [5, 5.41) is 7.32. The first kappa shape index (κ1) is 19.6. The maximum absolute atomic E-state index is 12.9. The van der Waals surface area contributed by atoms with Gasteiger partial charge in [0.15, 0.2) is 11.5 Å². The van der Waals surface area contributed by atoms with Crippen molar-refractivity contribution in [2.75, 3.05) is 0 Å². The molecule has 0 N–H and O–H groups in total. The summed E-state index contributed by atoms with van der Waals surface area (Å²) in [5.74, 6) is 0.452. The van der Waals surface area contributed by atoms with Crippen LogP contribution in [-0.4, -0.2) is 8.42 Å². The van der Waals surface area contributed by atoms with Gasteiger partial charge >= 0.3 is 10.4 Å². The fourth-order valence-corrected chi connectivity index (χ4v) is 5.02. The fourth-order valence-electron chi connectivity index (χ4n) is 4.26. The molecule has 0 aliphatic rings. The minimum atomic E-state index is -4.38. The average Bonchev–Trinajstić information content (AvgIpc) is 2.82. The fraction of sp³-hybridized carbons (Fsp3) is 0. The molecule has 6 rings (SSSR count). The van der Waals surface area contributed by atoms with Gasteiger partial charge in [0.2, 0.25) is 0 Å². The summed E-state index contributed by atoms with van der Waals surface area (Å²) >= 11 is 0. The molecule has 0 aromatic heterocycles. The molecular weight excluding hydrogens is 432 g/mol. The molecule has 4 nitrogen and oxygen atoms in total. The van der Waals surface area contributed by atoms with E-state index in [0.29, 0.717) is 10.8 Å². The molecule has 6 aromatic carbocycles. The van der Waals surface area contributed by atoms with Gasteiger partial charge in [-0.3, -0.25) is 0 Å². The van der Waals surface area contributed by atoms with Crippen LogP contribution in [0.5, 0.6) is 11.5 Å². The second-order valence-electron chi connectivity index (χ2n) is 7.93. The van der Waals surface area contributed by atoms with Crippen molar-refractivity contribution >= 4 is 53.5 Å². The predicted molar refractivity (Wildman–Crippen MR) is 133 cm³/mol. The summed E-state index contributed by atoms with van der Waals surface area (Å²) in [6.07, 6.45) is 0. The zero-order valence-electron chi connectivity index (χ0n) is 17.4. The number of benzene rings is 6. The summed E-state index contributed by atoms with van der Waals surface area (Å²) < 4.78 is 36.8. The molecule has 0 spiro atoms. The van der Waals surface area contributed by atoms with E-state index >= 15 is 0 Å². The number of rotatable bonds is 4. The smallest absolute Gasteiger partial charge is 0.352 e. The van der Waals surface area contributed by atoms with Crippen molar-refractivity contribution in [3.05, 3.63) is 109 Å². The molecule has 6 aromatic rings. The Balaban J connectivity index is 1.40. The molecule has 0 bridgehead atoms. The quantitative estimate of drug-likeness (QED) is 0.271. The van der Waals surface area contributed by atoms with Crippen LogP contribution < -0.4 is 8.37 Å². The molecule has 0 atom stereocenters. The Labute approximate surface area is 190 Å². The largest absolute Gasteiger partial charge is 0.501 e. The van der Waals surface area contributed by atoms with Gasteiger partial charge in [0.1, 0.15) is 0 Å². The normalized spacial score (nSPS) is 11.9. The Morgan fingerprint density at radius 3 is 1.21 bits per heavy atom. The average molecular weight is 451 g/mol. The lowest BCUT2D eigenvalue weighted by Crippen LogP contribution is -2.16. The summed E-state index contributed by atoms with van der Waals surface area (Å²) in [4.78, 5) is 0. The van der Waals surface area contributed by atoms with Crippen LogP contribution in [-0.2, 0) is 10.4 Å². The van der Waals surface area contributed by atoms with Crippen LogP contribution in [0, 0.1) is 0 Å². The van der Waals surface area contributed by atoms with Gasteiger partial charge in [0.05, 0.1) is 0 Å². The minimum absolute atomic E-state index is 0.226. The maximum atomic E-state index is 12.9. The molecule has 5 heteroatoms. The highest BCUT2D eigenvalue weighted by molar-refractivity contribution is 7.82. The topological polar surface area (TPSA) is 52.6 Å². The van der Waals surface area contributed by atoms with Crippen LogP contribution in [0.3, 0.4) is 0 Å². The van der Waals surface area contributed by atoms with Gasteiger partial charge in [-0.1, -0.05) is 72.8 Å². The van der Waals surface area contributed by atoms with Crippen LogP contribution in [0.25, 0.3) is 43.1 Å². The van der Waals surface area contributed by atoms with Crippen LogP contribution >= 0.6 is 0 Å². The Kier molecular flexibility index (Phi) is 4.45. The van der Waals surface area contributed by atoms with E-state index < -0.39 is 10.4 Å². The Morgan fingerprint density at radius 2 is 0.788 bits per heavy atom. The highest BCUT2D eigenvalue weighted by Gasteiger charge is 2.19. The summed E-state index contributed by atoms with van der Waals surface area (Å²) in [5.41, 5.74) is 0. The second-order valence-corrected chi connectivity index (χ2v) is 9.08. The number of fused-ring (bicyclic) bond motifs is 4. The van der Waals surface area contributed by atoms with Crippen LogP contribution in [0.15, 0.2) is 109 Å². The molecule has 0 fully saturated rings. The molecule has 0 amide bonds. The molecule has 0 aliphatic heterocycles. The zero-order valence-corrected chi connectivity index (χ0v) is 18.3. The molecule has 0 radical (unpaired) electrons. The molecule has 0 heterocycles. The van der Waals surface area contributed by atoms with Gasteiger partial charge in [0, 0.05) is 10.8 Å². The highest BCUT2D eigenvalue weighted by atomic mass is 32.3. The van der Waals surface area contributed by atoms with Gasteiger partial charge in [-0.2, -0.15) is 0 Å². The van der Waals surface area contributed by atoms with E-state index in [2.05, 4.69) is 0 Å². The van der Waals surface area contributed by atoms with Gasteiger partial charge in [-0.25, -0.2) is 0 Å². The minimum Gasteiger partial charge on any atom is -0.352 e.